The van der Waals surface area contributed by atoms with E-state index in [1.807, 2.05) is 0 Å². The van der Waals surface area contributed by atoms with Gasteiger partial charge in [0.05, 0.1) is 12.2 Å². The minimum absolute atomic E-state index is 0.0735. The van der Waals surface area contributed by atoms with Crippen LogP contribution in [0.3, 0.4) is 0 Å². The zero-order valence-corrected chi connectivity index (χ0v) is 8.22. The van der Waals surface area contributed by atoms with Gasteiger partial charge in [0, 0.05) is 0 Å². The van der Waals surface area contributed by atoms with Gasteiger partial charge in [0.25, 0.3) is 5.78 Å². The van der Waals surface area contributed by atoms with Gasteiger partial charge >= 0.3 is 5.97 Å². The summed E-state index contributed by atoms with van der Waals surface area (Å²) in [6.45, 7) is 1.38. The van der Waals surface area contributed by atoms with E-state index in [0.717, 1.165) is 0 Å². The maximum absolute atomic E-state index is 13.1. The Hall–Kier alpha value is -1.85. The second-order valence-electron chi connectivity index (χ2n) is 2.77. The van der Waals surface area contributed by atoms with Crippen LogP contribution in [0.15, 0.2) is 12.1 Å². The monoisotopic (exact) mass is 232 g/mol. The molecule has 0 aromatic heterocycles. The third-order valence-electron chi connectivity index (χ3n) is 1.74. The van der Waals surface area contributed by atoms with Gasteiger partial charge in [-0.1, -0.05) is 0 Å². The number of ether oxygens (including phenoxy) is 1. The summed E-state index contributed by atoms with van der Waals surface area (Å²) >= 11 is 0. The van der Waals surface area contributed by atoms with Gasteiger partial charge in [-0.3, -0.25) is 4.79 Å². The van der Waals surface area contributed by atoms with Crippen LogP contribution >= 0.6 is 0 Å². The number of carbonyl (C=O) groups is 2. The Morgan fingerprint density at radius 1 is 1.19 bits per heavy atom. The summed E-state index contributed by atoms with van der Waals surface area (Å²) in [7, 11) is 0. The van der Waals surface area contributed by atoms with E-state index in [9.17, 15) is 22.8 Å². The molecule has 0 atom stereocenters. The first kappa shape index (κ1) is 12.2. The molecule has 86 valence electrons. The molecule has 0 aliphatic carbocycles. The highest BCUT2D eigenvalue weighted by atomic mass is 19.2. The highest BCUT2D eigenvalue weighted by Gasteiger charge is 2.24. The topological polar surface area (TPSA) is 43.4 Å². The van der Waals surface area contributed by atoms with Crippen LogP contribution in [0.25, 0.3) is 0 Å². The number of carbonyl (C=O) groups excluding carboxylic acids is 2. The van der Waals surface area contributed by atoms with Gasteiger partial charge in [-0.25, -0.2) is 18.0 Å². The van der Waals surface area contributed by atoms with Gasteiger partial charge in [-0.15, -0.1) is 0 Å². The van der Waals surface area contributed by atoms with Crippen LogP contribution in [0.2, 0.25) is 0 Å². The molecule has 0 N–H and O–H groups in total. The van der Waals surface area contributed by atoms with Gasteiger partial charge < -0.3 is 4.74 Å². The van der Waals surface area contributed by atoms with Crippen molar-refractivity contribution in [1.29, 1.82) is 0 Å². The maximum atomic E-state index is 13.1. The Morgan fingerprint density at radius 3 is 2.38 bits per heavy atom. The van der Waals surface area contributed by atoms with E-state index in [2.05, 4.69) is 4.74 Å². The van der Waals surface area contributed by atoms with Crippen LogP contribution in [0.5, 0.6) is 0 Å². The molecule has 0 spiro atoms. The summed E-state index contributed by atoms with van der Waals surface area (Å²) in [6.07, 6.45) is 0. The first-order valence-electron chi connectivity index (χ1n) is 4.34. The van der Waals surface area contributed by atoms with Gasteiger partial charge in [0.15, 0.2) is 17.5 Å². The van der Waals surface area contributed by atoms with Crippen molar-refractivity contribution in [3.05, 3.63) is 35.1 Å². The van der Waals surface area contributed by atoms with Crippen LogP contribution in [-0.4, -0.2) is 18.4 Å². The number of halogens is 3. The molecule has 0 fully saturated rings. The molecule has 0 bridgehead atoms. The van der Waals surface area contributed by atoms with E-state index < -0.39 is 34.8 Å². The lowest BCUT2D eigenvalue weighted by Gasteiger charge is -2.03. The lowest BCUT2D eigenvalue weighted by Crippen LogP contribution is -2.19. The van der Waals surface area contributed by atoms with E-state index in [-0.39, 0.29) is 6.61 Å². The molecule has 1 aromatic rings. The first-order valence-corrected chi connectivity index (χ1v) is 4.34. The summed E-state index contributed by atoms with van der Waals surface area (Å²) in [5.41, 5.74) is -0.850. The Labute approximate surface area is 88.8 Å². The number of benzene rings is 1. The predicted octanol–water partition coefficient (Wildman–Crippen LogP) is 1.85. The van der Waals surface area contributed by atoms with E-state index in [4.69, 9.17) is 0 Å². The van der Waals surface area contributed by atoms with Crippen molar-refractivity contribution in [2.75, 3.05) is 6.61 Å². The summed E-state index contributed by atoms with van der Waals surface area (Å²) in [5.74, 6) is -7.59. The fraction of sp³-hybridized carbons (Fsp3) is 0.200. The van der Waals surface area contributed by atoms with E-state index in [0.29, 0.717) is 12.1 Å². The zero-order valence-electron chi connectivity index (χ0n) is 8.22. The summed E-state index contributed by atoms with van der Waals surface area (Å²) in [4.78, 5) is 22.2. The molecule has 3 nitrogen and oxygen atoms in total. The van der Waals surface area contributed by atoms with Crippen molar-refractivity contribution >= 4 is 11.8 Å². The second-order valence-corrected chi connectivity index (χ2v) is 2.77. The Bertz CT molecular complexity index is 443. The van der Waals surface area contributed by atoms with Crippen LogP contribution in [0.4, 0.5) is 13.2 Å². The average molecular weight is 232 g/mol. The van der Waals surface area contributed by atoms with Crippen molar-refractivity contribution in [1.82, 2.24) is 0 Å². The summed E-state index contributed by atoms with van der Waals surface area (Å²) in [5, 5.41) is 0. The minimum atomic E-state index is -1.80. The standard InChI is InChI=1S/C10H7F3O3/c1-2-16-10(15)9(14)5-3-4-6(11)8(13)7(5)12/h3-4H,2H2,1H3. The summed E-state index contributed by atoms with van der Waals surface area (Å²) < 4.78 is 42.7. The van der Waals surface area contributed by atoms with Crippen molar-refractivity contribution < 1.29 is 27.5 Å². The van der Waals surface area contributed by atoms with Crippen molar-refractivity contribution in [2.45, 2.75) is 6.92 Å². The van der Waals surface area contributed by atoms with E-state index in [1.54, 1.807) is 0 Å². The second kappa shape index (κ2) is 4.78. The highest BCUT2D eigenvalue weighted by Crippen LogP contribution is 2.16. The molecule has 1 aromatic carbocycles. The number of Topliss-reactive ketones (excluding diaryl/α,β-unsaturated/α-hetero) is 1. The molecular weight excluding hydrogens is 225 g/mol. The first-order chi connectivity index (χ1) is 7.49. The molecule has 6 heteroatoms. The third kappa shape index (κ3) is 2.21. The van der Waals surface area contributed by atoms with Crippen molar-refractivity contribution in [2.24, 2.45) is 0 Å². The van der Waals surface area contributed by atoms with Gasteiger partial charge in [-0.05, 0) is 19.1 Å². The fourth-order valence-corrected chi connectivity index (χ4v) is 1.01. The molecule has 0 amide bonds. The molecule has 0 radical (unpaired) electrons. The molecule has 0 aliphatic heterocycles. The van der Waals surface area contributed by atoms with Crippen LogP contribution in [-0.2, 0) is 9.53 Å². The SMILES string of the molecule is CCOC(=O)C(=O)c1ccc(F)c(F)c1F. The van der Waals surface area contributed by atoms with Gasteiger partial charge in [0.2, 0.25) is 0 Å². The van der Waals surface area contributed by atoms with Crippen LogP contribution in [0, 0.1) is 17.5 Å². The molecule has 1 rings (SSSR count). The molecule has 0 heterocycles. The minimum Gasteiger partial charge on any atom is -0.460 e. The van der Waals surface area contributed by atoms with Gasteiger partial charge in [-0.2, -0.15) is 0 Å². The lowest BCUT2D eigenvalue weighted by atomic mass is 10.1. The summed E-state index contributed by atoms with van der Waals surface area (Å²) in [6, 6.07) is 1.25. The Morgan fingerprint density at radius 2 is 1.81 bits per heavy atom. The highest BCUT2D eigenvalue weighted by molar-refractivity contribution is 6.40. The molecule has 16 heavy (non-hydrogen) atoms. The Kier molecular flexibility index (Phi) is 3.65. The molecule has 0 unspecified atom stereocenters. The van der Waals surface area contributed by atoms with Crippen molar-refractivity contribution in [3.8, 4) is 0 Å². The smallest absolute Gasteiger partial charge is 0.379 e. The average Bonchev–Trinajstić information content (AvgIpc) is 2.26. The molecular formula is C10H7F3O3. The fourth-order valence-electron chi connectivity index (χ4n) is 1.01. The maximum Gasteiger partial charge on any atom is 0.379 e. The number of rotatable bonds is 3. The molecule has 0 saturated heterocycles. The van der Waals surface area contributed by atoms with Crippen LogP contribution < -0.4 is 0 Å². The normalized spacial score (nSPS) is 10.0. The predicted molar refractivity (Wildman–Crippen MR) is 47.3 cm³/mol. The largest absolute Gasteiger partial charge is 0.460 e. The van der Waals surface area contributed by atoms with E-state index in [1.165, 1.54) is 6.92 Å². The third-order valence-corrected chi connectivity index (χ3v) is 1.74. The lowest BCUT2D eigenvalue weighted by molar-refractivity contribution is -0.137. The number of ketones is 1. The number of esters is 1. The number of hydrogen-bond donors (Lipinski definition) is 0. The van der Waals surface area contributed by atoms with E-state index >= 15 is 0 Å². The molecule has 0 saturated carbocycles. The number of hydrogen-bond acceptors (Lipinski definition) is 3. The Balaban J connectivity index is 3.10. The quantitative estimate of drug-likeness (QED) is 0.345. The van der Waals surface area contributed by atoms with Crippen LogP contribution in [0.1, 0.15) is 17.3 Å². The van der Waals surface area contributed by atoms with Crippen molar-refractivity contribution in [3.63, 3.8) is 0 Å². The molecule has 0 aliphatic rings. The van der Waals surface area contributed by atoms with Gasteiger partial charge in [0.1, 0.15) is 0 Å². The zero-order chi connectivity index (χ0) is 12.3.